The van der Waals surface area contributed by atoms with Gasteiger partial charge in [-0.05, 0) is 31.2 Å². The van der Waals surface area contributed by atoms with Crippen molar-refractivity contribution >= 4 is 28.6 Å². The van der Waals surface area contributed by atoms with Crippen LogP contribution in [0.5, 0.6) is 0 Å². The smallest absolute Gasteiger partial charge is 0.298 e. The molecule has 1 aliphatic heterocycles. The van der Waals surface area contributed by atoms with Gasteiger partial charge in [-0.25, -0.2) is 13.9 Å². The Labute approximate surface area is 148 Å². The molecule has 0 unspecified atom stereocenters. The van der Waals surface area contributed by atoms with Crippen molar-refractivity contribution in [2.24, 2.45) is 0 Å². The maximum Gasteiger partial charge on any atom is 0.298 e. The van der Waals surface area contributed by atoms with Crippen LogP contribution in [-0.2, 0) is 0 Å². The van der Waals surface area contributed by atoms with E-state index in [1.807, 2.05) is 29.8 Å². The number of aryl methyl sites for hydroxylation is 1. The van der Waals surface area contributed by atoms with E-state index in [1.165, 1.54) is 12.1 Å². The number of rotatable bonds is 2. The molecule has 7 nitrogen and oxygen atoms in total. The zero-order valence-electron chi connectivity index (χ0n) is 14.3. The quantitative estimate of drug-likeness (QED) is 0.553. The largest absolute Gasteiger partial charge is 0.423 e. The molecule has 0 N–H and O–H groups in total. The van der Waals surface area contributed by atoms with Gasteiger partial charge in [0.05, 0.1) is 11.9 Å². The molecule has 1 aromatic carbocycles. The molecule has 1 saturated heterocycles. The molecule has 5 rings (SSSR count). The Hall–Kier alpha value is -3.16. The summed E-state index contributed by atoms with van der Waals surface area (Å²) in [5, 5.41) is 4.64. The number of piperazine rings is 1. The summed E-state index contributed by atoms with van der Waals surface area (Å²) in [7, 11) is 0. The molecule has 132 valence electrons. The van der Waals surface area contributed by atoms with Crippen LogP contribution < -0.4 is 9.80 Å². The molecule has 8 heteroatoms. The summed E-state index contributed by atoms with van der Waals surface area (Å²) < 4.78 is 20.8. The van der Waals surface area contributed by atoms with Crippen molar-refractivity contribution in [1.29, 1.82) is 0 Å². The first-order chi connectivity index (χ1) is 12.7. The van der Waals surface area contributed by atoms with Crippen LogP contribution in [-0.4, -0.2) is 45.8 Å². The maximum atomic E-state index is 13.3. The summed E-state index contributed by atoms with van der Waals surface area (Å²) in [6.45, 7) is 5.09. The Morgan fingerprint density at radius 2 is 1.81 bits per heavy atom. The van der Waals surface area contributed by atoms with Crippen LogP contribution in [0.2, 0.25) is 0 Å². The fourth-order valence-corrected chi connectivity index (χ4v) is 3.31. The molecule has 4 aromatic rings. The average molecular weight is 352 g/mol. The molecular weight excluding hydrogens is 335 g/mol. The van der Waals surface area contributed by atoms with E-state index in [0.717, 1.165) is 43.3 Å². The number of aromatic nitrogens is 4. The van der Waals surface area contributed by atoms with Gasteiger partial charge in [-0.3, -0.25) is 0 Å². The zero-order chi connectivity index (χ0) is 17.7. The van der Waals surface area contributed by atoms with Crippen molar-refractivity contribution in [3.8, 4) is 0 Å². The van der Waals surface area contributed by atoms with Crippen molar-refractivity contribution in [3.05, 3.63) is 48.0 Å². The summed E-state index contributed by atoms with van der Waals surface area (Å²) >= 11 is 0. The topological polar surface area (TPSA) is 62.7 Å². The number of oxazole rings is 1. The molecule has 4 heterocycles. The molecule has 0 bridgehead atoms. The Morgan fingerprint density at radius 1 is 1.00 bits per heavy atom. The number of hydrogen-bond acceptors (Lipinski definition) is 6. The molecule has 3 aromatic heterocycles. The molecule has 0 saturated carbocycles. The SMILES string of the molecule is Cc1cn2nc(N3CCN(c4nc5ccc(F)cc5o4)CC3)ccc2n1. The van der Waals surface area contributed by atoms with E-state index >= 15 is 0 Å². The average Bonchev–Trinajstić information content (AvgIpc) is 3.23. The third-order valence-electron chi connectivity index (χ3n) is 4.64. The Balaban J connectivity index is 1.34. The van der Waals surface area contributed by atoms with Crippen LogP contribution in [0.4, 0.5) is 16.2 Å². The first-order valence-electron chi connectivity index (χ1n) is 8.55. The van der Waals surface area contributed by atoms with Gasteiger partial charge in [0.2, 0.25) is 0 Å². The third-order valence-corrected chi connectivity index (χ3v) is 4.64. The van der Waals surface area contributed by atoms with Gasteiger partial charge in [0.25, 0.3) is 6.01 Å². The number of halogens is 1. The second-order valence-electron chi connectivity index (χ2n) is 6.46. The Morgan fingerprint density at radius 3 is 2.65 bits per heavy atom. The van der Waals surface area contributed by atoms with E-state index in [2.05, 4.69) is 24.9 Å². The van der Waals surface area contributed by atoms with E-state index in [1.54, 1.807) is 6.07 Å². The minimum Gasteiger partial charge on any atom is -0.423 e. The molecule has 1 aliphatic rings. The van der Waals surface area contributed by atoms with Gasteiger partial charge >= 0.3 is 0 Å². The van der Waals surface area contributed by atoms with Gasteiger partial charge in [-0.2, -0.15) is 4.98 Å². The highest BCUT2D eigenvalue weighted by molar-refractivity contribution is 5.74. The van der Waals surface area contributed by atoms with Crippen LogP contribution >= 0.6 is 0 Å². The van der Waals surface area contributed by atoms with Crippen LogP contribution in [0.3, 0.4) is 0 Å². The Kier molecular flexibility index (Phi) is 3.31. The normalized spacial score (nSPS) is 15.3. The number of benzene rings is 1. The molecule has 0 radical (unpaired) electrons. The maximum absolute atomic E-state index is 13.3. The summed E-state index contributed by atoms with van der Waals surface area (Å²) in [4.78, 5) is 13.2. The molecule has 1 fully saturated rings. The first kappa shape index (κ1) is 15.1. The van der Waals surface area contributed by atoms with Gasteiger partial charge in [0.15, 0.2) is 11.2 Å². The van der Waals surface area contributed by atoms with Crippen LogP contribution in [0.25, 0.3) is 16.7 Å². The lowest BCUT2D eigenvalue weighted by Gasteiger charge is -2.34. The fourth-order valence-electron chi connectivity index (χ4n) is 3.31. The molecule has 0 atom stereocenters. The van der Waals surface area contributed by atoms with Gasteiger partial charge in [0.1, 0.15) is 17.2 Å². The van der Waals surface area contributed by atoms with Gasteiger partial charge in [0, 0.05) is 32.2 Å². The highest BCUT2D eigenvalue weighted by Crippen LogP contribution is 2.24. The van der Waals surface area contributed by atoms with Crippen molar-refractivity contribution in [2.45, 2.75) is 6.92 Å². The van der Waals surface area contributed by atoms with Crippen LogP contribution in [0, 0.1) is 12.7 Å². The van der Waals surface area contributed by atoms with Crippen molar-refractivity contribution in [3.63, 3.8) is 0 Å². The number of imidazole rings is 1. The number of nitrogens with zero attached hydrogens (tertiary/aromatic N) is 6. The summed E-state index contributed by atoms with van der Waals surface area (Å²) in [5.74, 6) is 0.607. The molecule has 0 amide bonds. The zero-order valence-corrected chi connectivity index (χ0v) is 14.3. The molecule has 0 aliphatic carbocycles. The van der Waals surface area contributed by atoms with Crippen molar-refractivity contribution < 1.29 is 8.81 Å². The first-order valence-corrected chi connectivity index (χ1v) is 8.55. The molecule has 0 spiro atoms. The summed E-state index contributed by atoms with van der Waals surface area (Å²) in [6, 6.07) is 8.93. The van der Waals surface area contributed by atoms with Gasteiger partial charge in [-0.1, -0.05) is 0 Å². The number of fused-ring (bicyclic) bond motifs is 2. The number of anilines is 2. The van der Waals surface area contributed by atoms with Crippen LogP contribution in [0.1, 0.15) is 5.69 Å². The van der Waals surface area contributed by atoms with Crippen molar-refractivity contribution in [1.82, 2.24) is 19.6 Å². The minimum atomic E-state index is -0.318. The molecular formula is C18H17FN6O. The highest BCUT2D eigenvalue weighted by atomic mass is 19.1. The van der Waals surface area contributed by atoms with E-state index in [4.69, 9.17) is 4.42 Å². The third kappa shape index (κ3) is 2.54. The Bertz CT molecular complexity index is 1090. The van der Waals surface area contributed by atoms with E-state index in [0.29, 0.717) is 17.1 Å². The van der Waals surface area contributed by atoms with Gasteiger partial charge in [-0.15, -0.1) is 5.10 Å². The standard InChI is InChI=1S/C18H17FN6O/c1-12-11-25-16(20-12)4-5-17(22-25)23-6-8-24(9-7-23)18-21-14-3-2-13(19)10-15(14)26-18/h2-5,10-11H,6-9H2,1H3. The fraction of sp³-hybridized carbons (Fsp3) is 0.278. The lowest BCUT2D eigenvalue weighted by molar-refractivity contribution is 0.537. The summed E-state index contributed by atoms with van der Waals surface area (Å²) in [5.41, 5.74) is 2.95. The second kappa shape index (κ2) is 5.69. The highest BCUT2D eigenvalue weighted by Gasteiger charge is 2.22. The van der Waals surface area contributed by atoms with Gasteiger partial charge < -0.3 is 14.2 Å². The lowest BCUT2D eigenvalue weighted by Crippen LogP contribution is -2.47. The summed E-state index contributed by atoms with van der Waals surface area (Å²) in [6.07, 6.45) is 1.92. The predicted octanol–water partition coefficient (Wildman–Crippen LogP) is 2.64. The number of hydrogen-bond donors (Lipinski definition) is 0. The second-order valence-corrected chi connectivity index (χ2v) is 6.46. The van der Waals surface area contributed by atoms with E-state index in [-0.39, 0.29) is 5.82 Å². The molecule has 26 heavy (non-hydrogen) atoms. The minimum absolute atomic E-state index is 0.318. The van der Waals surface area contributed by atoms with Crippen molar-refractivity contribution in [2.75, 3.05) is 36.0 Å². The van der Waals surface area contributed by atoms with E-state index < -0.39 is 0 Å². The monoisotopic (exact) mass is 352 g/mol. The van der Waals surface area contributed by atoms with Crippen LogP contribution in [0.15, 0.2) is 40.9 Å². The predicted molar refractivity (Wildman–Crippen MR) is 96.1 cm³/mol. The van der Waals surface area contributed by atoms with E-state index in [9.17, 15) is 4.39 Å². The lowest BCUT2D eigenvalue weighted by atomic mass is 10.3.